The number of anilines is 1. The van der Waals surface area contributed by atoms with E-state index in [0.29, 0.717) is 11.2 Å². The van der Waals surface area contributed by atoms with Gasteiger partial charge in [-0.2, -0.15) is 12.6 Å². The van der Waals surface area contributed by atoms with Crippen LogP contribution in [0.5, 0.6) is 0 Å². The smallest absolute Gasteiger partial charge is 0.170 e. The molecular weight excluding hydrogens is 352 g/mol. The average Bonchev–Trinajstić information content (AvgIpc) is 3.15. The molecule has 0 saturated carbocycles. The fourth-order valence-electron chi connectivity index (χ4n) is 2.56. The molecule has 1 fully saturated rings. The van der Waals surface area contributed by atoms with E-state index in [0.717, 1.165) is 0 Å². The third-order valence-electron chi connectivity index (χ3n) is 4.01. The zero-order valence-corrected chi connectivity index (χ0v) is 14.0. The summed E-state index contributed by atoms with van der Waals surface area (Å²) >= 11 is 3.97. The molecule has 7 N–H and O–H groups in total. The highest BCUT2D eigenvalue weighted by molar-refractivity contribution is 7.80. The van der Waals surface area contributed by atoms with Crippen LogP contribution in [-0.4, -0.2) is 77.8 Å². The monoisotopic (exact) mass is 372 g/mol. The number of nitrogens with zero attached hydrogens (tertiary/aromatic N) is 4. The molecule has 2 aromatic heterocycles. The number of hydrogen-bond donors (Lipinski definition) is 6. The summed E-state index contributed by atoms with van der Waals surface area (Å²) in [6.07, 6.45) is -2.91. The van der Waals surface area contributed by atoms with Gasteiger partial charge < -0.3 is 36.3 Å². The molecule has 1 saturated heterocycles. The molecule has 6 unspecified atom stereocenters. The summed E-state index contributed by atoms with van der Waals surface area (Å²) in [5.41, 5.74) is 12.1. The average molecular weight is 372 g/mol. The molecule has 0 spiro atoms. The first-order valence-corrected chi connectivity index (χ1v) is 8.18. The Morgan fingerprint density at radius 1 is 1.32 bits per heavy atom. The van der Waals surface area contributed by atoms with Crippen molar-refractivity contribution in [2.45, 2.75) is 36.9 Å². The van der Waals surface area contributed by atoms with Gasteiger partial charge in [-0.25, -0.2) is 15.0 Å². The quantitative estimate of drug-likeness (QED) is 0.237. The van der Waals surface area contributed by atoms with Gasteiger partial charge in [-0.3, -0.25) is 4.57 Å². The normalized spacial score (nSPS) is 29.2. The van der Waals surface area contributed by atoms with Gasteiger partial charge in [-0.05, 0) is 0 Å². The Hall–Kier alpha value is -1.54. The molecule has 25 heavy (non-hydrogen) atoms. The Kier molecular flexibility index (Phi) is 5.38. The number of hydrogen-bond acceptors (Lipinski definition) is 11. The van der Waals surface area contributed by atoms with Crippen molar-refractivity contribution in [1.29, 1.82) is 0 Å². The zero-order chi connectivity index (χ0) is 18.1. The van der Waals surface area contributed by atoms with Gasteiger partial charge in [-0.1, -0.05) is 0 Å². The van der Waals surface area contributed by atoms with Crippen molar-refractivity contribution in [3.05, 3.63) is 12.7 Å². The van der Waals surface area contributed by atoms with Crippen LogP contribution in [0.15, 0.2) is 12.7 Å². The molecule has 0 aromatic carbocycles. The number of fused-ring (bicyclic) bond motifs is 1. The van der Waals surface area contributed by atoms with Crippen LogP contribution in [0.4, 0.5) is 5.82 Å². The Morgan fingerprint density at radius 2 is 2.08 bits per heavy atom. The Labute approximate surface area is 148 Å². The number of aliphatic hydroxyl groups is 3. The number of aliphatic hydroxyl groups excluding tert-OH is 3. The number of rotatable bonds is 6. The Bertz CT molecular complexity index is 732. The number of nitrogen functional groups attached to an aromatic ring is 1. The zero-order valence-electron chi connectivity index (χ0n) is 13.1. The Balaban J connectivity index is 1.74. The van der Waals surface area contributed by atoms with E-state index < -0.39 is 36.9 Å². The van der Waals surface area contributed by atoms with Crippen LogP contribution >= 0.6 is 12.6 Å². The minimum atomic E-state index is -1.26. The summed E-state index contributed by atoms with van der Waals surface area (Å²) in [5, 5.41) is 30.2. The molecule has 0 amide bonds. The maximum absolute atomic E-state index is 10.3. The van der Waals surface area contributed by atoms with Crippen LogP contribution in [0.2, 0.25) is 0 Å². The third-order valence-corrected chi connectivity index (χ3v) is 4.43. The molecule has 6 atom stereocenters. The lowest BCUT2D eigenvalue weighted by atomic mass is 10.1. The van der Waals surface area contributed by atoms with E-state index in [-0.39, 0.29) is 18.2 Å². The summed E-state index contributed by atoms with van der Waals surface area (Å²) in [5.74, 6) is 0.420. The van der Waals surface area contributed by atoms with E-state index in [1.54, 1.807) is 0 Å². The minimum Gasteiger partial charge on any atom is -0.387 e. The van der Waals surface area contributed by atoms with Crippen molar-refractivity contribution in [2.24, 2.45) is 5.73 Å². The molecule has 11 nitrogen and oxygen atoms in total. The van der Waals surface area contributed by atoms with Gasteiger partial charge in [0.05, 0.1) is 19.0 Å². The summed E-state index contributed by atoms with van der Waals surface area (Å²) in [6, 6.07) is -0.681. The second-order valence-corrected chi connectivity index (χ2v) is 6.06. The molecule has 0 radical (unpaired) electrons. The summed E-state index contributed by atoms with van der Waals surface area (Å²) in [6.45, 7) is -0.166. The molecule has 3 rings (SSSR count). The molecule has 1 aliphatic rings. The molecule has 0 bridgehead atoms. The predicted molar refractivity (Wildman–Crippen MR) is 89.4 cm³/mol. The van der Waals surface area contributed by atoms with Crippen molar-refractivity contribution in [2.75, 3.05) is 18.1 Å². The van der Waals surface area contributed by atoms with Crippen LogP contribution in [0.25, 0.3) is 11.2 Å². The molecular formula is C13H20N6O5S. The lowest BCUT2D eigenvalue weighted by molar-refractivity contribution is -0.149. The predicted octanol–water partition coefficient (Wildman–Crippen LogP) is -2.38. The van der Waals surface area contributed by atoms with Crippen molar-refractivity contribution in [3.63, 3.8) is 0 Å². The standard InChI is InChI=1S/C13H20N6O5S/c14-5(2-25)13(22)23-1-6-8(20)9(21)12(24-6)19-4-18-7-10(15)16-3-17-11(7)19/h3-6,8-9,12-13,20-22,25H,1-2,14H2,(H2,15,16,17). The maximum Gasteiger partial charge on any atom is 0.170 e. The number of ether oxygens (including phenoxy) is 2. The van der Waals surface area contributed by atoms with Crippen molar-refractivity contribution in [1.82, 2.24) is 19.5 Å². The third kappa shape index (κ3) is 3.42. The fourth-order valence-corrected chi connectivity index (χ4v) is 2.74. The van der Waals surface area contributed by atoms with E-state index in [4.69, 9.17) is 20.9 Å². The molecule has 2 aromatic rings. The van der Waals surface area contributed by atoms with Crippen LogP contribution in [0, 0.1) is 0 Å². The van der Waals surface area contributed by atoms with Crippen LogP contribution in [-0.2, 0) is 9.47 Å². The Morgan fingerprint density at radius 3 is 2.80 bits per heavy atom. The molecule has 3 heterocycles. The first kappa shape index (κ1) is 18.3. The van der Waals surface area contributed by atoms with Gasteiger partial charge in [-0.15, -0.1) is 0 Å². The number of thiol groups is 1. The number of imidazole rings is 1. The molecule has 12 heteroatoms. The molecule has 138 valence electrons. The van der Waals surface area contributed by atoms with E-state index in [9.17, 15) is 15.3 Å². The SMILES string of the molecule is Nc1ncnc2c1ncn2C1OC(COC(O)C(N)CS)C(O)C1O. The first-order valence-electron chi connectivity index (χ1n) is 7.54. The van der Waals surface area contributed by atoms with Gasteiger partial charge in [0.1, 0.15) is 30.2 Å². The fraction of sp³-hybridized carbons (Fsp3) is 0.615. The minimum absolute atomic E-state index is 0.166. The first-order chi connectivity index (χ1) is 11.9. The summed E-state index contributed by atoms with van der Waals surface area (Å²) < 4.78 is 12.3. The van der Waals surface area contributed by atoms with Crippen LogP contribution < -0.4 is 11.5 Å². The van der Waals surface area contributed by atoms with E-state index in [1.165, 1.54) is 17.2 Å². The largest absolute Gasteiger partial charge is 0.387 e. The van der Waals surface area contributed by atoms with Crippen molar-refractivity contribution < 1.29 is 24.8 Å². The number of aromatic nitrogens is 4. The number of nitrogens with two attached hydrogens (primary N) is 2. The van der Waals surface area contributed by atoms with E-state index >= 15 is 0 Å². The van der Waals surface area contributed by atoms with Gasteiger partial charge in [0.25, 0.3) is 0 Å². The van der Waals surface area contributed by atoms with Gasteiger partial charge in [0.15, 0.2) is 24.0 Å². The van der Waals surface area contributed by atoms with Crippen LogP contribution in [0.3, 0.4) is 0 Å². The topological polar surface area (TPSA) is 175 Å². The van der Waals surface area contributed by atoms with Gasteiger partial charge in [0.2, 0.25) is 0 Å². The highest BCUT2D eigenvalue weighted by Gasteiger charge is 2.44. The highest BCUT2D eigenvalue weighted by Crippen LogP contribution is 2.32. The highest BCUT2D eigenvalue weighted by atomic mass is 32.1. The van der Waals surface area contributed by atoms with Gasteiger partial charge in [0, 0.05) is 5.75 Å². The van der Waals surface area contributed by atoms with Gasteiger partial charge >= 0.3 is 0 Å². The summed E-state index contributed by atoms with van der Waals surface area (Å²) in [7, 11) is 0. The molecule has 0 aliphatic carbocycles. The van der Waals surface area contributed by atoms with E-state index in [1.807, 2.05) is 0 Å². The van der Waals surface area contributed by atoms with Crippen LogP contribution in [0.1, 0.15) is 6.23 Å². The van der Waals surface area contributed by atoms with Crippen molar-refractivity contribution >= 4 is 29.6 Å². The summed E-state index contributed by atoms with van der Waals surface area (Å²) in [4.78, 5) is 12.0. The van der Waals surface area contributed by atoms with Crippen molar-refractivity contribution in [3.8, 4) is 0 Å². The lowest BCUT2D eigenvalue weighted by Gasteiger charge is -2.21. The second-order valence-electron chi connectivity index (χ2n) is 5.70. The lowest BCUT2D eigenvalue weighted by Crippen LogP contribution is -2.41. The second kappa shape index (κ2) is 7.37. The molecule has 1 aliphatic heterocycles. The van der Waals surface area contributed by atoms with E-state index in [2.05, 4.69) is 27.6 Å². The maximum atomic E-state index is 10.3.